The second kappa shape index (κ2) is 9.95. The predicted octanol–water partition coefficient (Wildman–Crippen LogP) is 3.76. The largest absolute Gasteiger partial charge is 0.383 e. The lowest BCUT2D eigenvalue weighted by atomic mass is 9.99. The Morgan fingerprint density at radius 2 is 2.03 bits per heavy atom. The van der Waals surface area contributed by atoms with Crippen LogP contribution in [0, 0.1) is 0 Å². The van der Waals surface area contributed by atoms with Gasteiger partial charge >= 0.3 is 0 Å². The zero-order valence-corrected chi connectivity index (χ0v) is 19.5. The van der Waals surface area contributed by atoms with E-state index in [1.807, 2.05) is 18.2 Å². The molecule has 1 aliphatic carbocycles. The number of rotatable bonds is 7. The molecular weight excluding hydrogens is 432 g/mol. The second-order valence-corrected chi connectivity index (χ2v) is 9.35. The number of anilines is 1. The van der Waals surface area contributed by atoms with Crippen molar-refractivity contribution in [2.45, 2.75) is 45.7 Å². The van der Waals surface area contributed by atoms with Crippen LogP contribution in [0.1, 0.15) is 46.2 Å². The van der Waals surface area contributed by atoms with Gasteiger partial charge in [0, 0.05) is 28.8 Å². The van der Waals surface area contributed by atoms with Crippen molar-refractivity contribution >= 4 is 29.0 Å². The molecule has 2 aromatic heterocycles. The average Bonchev–Trinajstić information content (AvgIpc) is 3.25. The zero-order chi connectivity index (χ0) is 23.4. The van der Waals surface area contributed by atoms with Gasteiger partial charge in [-0.15, -0.1) is 11.3 Å². The summed E-state index contributed by atoms with van der Waals surface area (Å²) in [6, 6.07) is 9.94. The number of carbonyl (C=O) groups is 1. The number of carbonyl (C=O) groups excluding carboxylic acids is 1. The minimum absolute atomic E-state index is 0.190. The van der Waals surface area contributed by atoms with E-state index < -0.39 is 0 Å². The summed E-state index contributed by atoms with van der Waals surface area (Å²) in [5.41, 5.74) is 17.5. The summed E-state index contributed by atoms with van der Waals surface area (Å²) in [6.07, 6.45) is 6.37. The number of aliphatic imine (C=N–C) groups is 1. The van der Waals surface area contributed by atoms with Crippen LogP contribution in [0.2, 0.25) is 0 Å². The molecule has 2 heterocycles. The lowest BCUT2D eigenvalue weighted by molar-refractivity contribution is -0.117. The molecule has 0 radical (unpaired) electrons. The monoisotopic (exact) mass is 460 g/mol. The number of benzene rings is 1. The number of thiophene rings is 1. The summed E-state index contributed by atoms with van der Waals surface area (Å²) >= 11 is 1.75. The predicted molar refractivity (Wildman–Crippen MR) is 134 cm³/mol. The second-order valence-electron chi connectivity index (χ2n) is 8.21. The van der Waals surface area contributed by atoms with Crippen LogP contribution in [0.5, 0.6) is 0 Å². The van der Waals surface area contributed by atoms with Crippen LogP contribution in [0.25, 0.3) is 11.3 Å². The van der Waals surface area contributed by atoms with E-state index in [-0.39, 0.29) is 11.9 Å². The number of nitrogens with zero attached hydrogens (tertiary/aromatic N) is 3. The highest BCUT2D eigenvalue weighted by Crippen LogP contribution is 2.30. The third-order valence-electron chi connectivity index (χ3n) is 5.67. The third-order valence-corrected chi connectivity index (χ3v) is 6.93. The van der Waals surface area contributed by atoms with Crippen molar-refractivity contribution in [1.29, 1.82) is 0 Å². The van der Waals surface area contributed by atoms with Crippen molar-refractivity contribution in [3.63, 3.8) is 0 Å². The lowest BCUT2D eigenvalue weighted by Gasteiger charge is -2.12. The molecule has 7 nitrogen and oxygen atoms in total. The number of aromatic nitrogens is 2. The van der Waals surface area contributed by atoms with Gasteiger partial charge in [0.15, 0.2) is 0 Å². The fraction of sp³-hybridized carbons (Fsp3) is 0.280. The molecule has 0 aliphatic heterocycles. The number of amidine groups is 1. The smallest absolute Gasteiger partial charge is 0.246 e. The number of fused-ring (bicyclic) bond motifs is 1. The van der Waals surface area contributed by atoms with Gasteiger partial charge in [-0.25, -0.2) is 9.97 Å². The molecule has 0 atom stereocenters. The van der Waals surface area contributed by atoms with E-state index in [0.29, 0.717) is 30.2 Å². The van der Waals surface area contributed by atoms with Crippen molar-refractivity contribution in [2.24, 2.45) is 10.7 Å². The van der Waals surface area contributed by atoms with Gasteiger partial charge in [-0.05, 0) is 67.5 Å². The summed E-state index contributed by atoms with van der Waals surface area (Å²) in [5.74, 6) is 0.577. The zero-order valence-electron chi connectivity index (χ0n) is 18.7. The normalized spacial score (nSPS) is 13.4. The molecule has 1 aliphatic rings. The molecule has 170 valence electrons. The summed E-state index contributed by atoms with van der Waals surface area (Å²) in [6.45, 7) is 6.15. The molecule has 5 N–H and O–H groups in total. The summed E-state index contributed by atoms with van der Waals surface area (Å²) in [5, 5.41) is 2.91. The molecular formula is C25H28N6OS. The van der Waals surface area contributed by atoms with Crippen LogP contribution in [0.15, 0.2) is 53.7 Å². The standard InChI is InChI=1S/C25H28N6OS/c1-15(2)24(32)30-14-19-11-16(20-9-10-28-25(27)31-20)7-8-18(19)13-29-23(26)22-12-17-5-3-4-6-21(17)33-22/h7-12H,1,3-6,13-14H2,2H3,(H2,26,29)(H,30,32)(H2,27,28,31). The van der Waals surface area contributed by atoms with Gasteiger partial charge in [-0.1, -0.05) is 18.7 Å². The highest BCUT2D eigenvalue weighted by Gasteiger charge is 2.15. The van der Waals surface area contributed by atoms with Gasteiger partial charge in [-0.3, -0.25) is 9.79 Å². The third kappa shape index (κ3) is 5.46. The fourth-order valence-electron chi connectivity index (χ4n) is 3.83. The van der Waals surface area contributed by atoms with Crippen LogP contribution in [0.3, 0.4) is 0 Å². The number of nitrogens with one attached hydrogen (secondary N) is 1. The number of nitrogen functional groups attached to an aromatic ring is 1. The molecule has 0 saturated carbocycles. The van der Waals surface area contributed by atoms with Crippen LogP contribution in [-0.4, -0.2) is 21.7 Å². The van der Waals surface area contributed by atoms with Crippen molar-refractivity contribution in [3.8, 4) is 11.3 Å². The Labute approximate surface area is 197 Å². The topological polar surface area (TPSA) is 119 Å². The molecule has 0 saturated heterocycles. The maximum atomic E-state index is 12.1. The Hall–Kier alpha value is -3.52. The summed E-state index contributed by atoms with van der Waals surface area (Å²) in [7, 11) is 0. The van der Waals surface area contributed by atoms with Crippen molar-refractivity contribution < 1.29 is 4.79 Å². The number of amides is 1. The summed E-state index contributed by atoms with van der Waals surface area (Å²) in [4.78, 5) is 27.5. The van der Waals surface area contributed by atoms with E-state index in [1.54, 1.807) is 30.5 Å². The number of nitrogens with two attached hydrogens (primary N) is 2. The minimum Gasteiger partial charge on any atom is -0.383 e. The van der Waals surface area contributed by atoms with Gasteiger partial charge < -0.3 is 16.8 Å². The molecule has 4 rings (SSSR count). The van der Waals surface area contributed by atoms with Gasteiger partial charge in [-0.2, -0.15) is 0 Å². The maximum absolute atomic E-state index is 12.1. The number of aryl methyl sites for hydroxylation is 2. The fourth-order valence-corrected chi connectivity index (χ4v) is 5.00. The molecule has 0 spiro atoms. The first-order valence-corrected chi connectivity index (χ1v) is 11.8. The van der Waals surface area contributed by atoms with E-state index in [4.69, 9.17) is 11.5 Å². The van der Waals surface area contributed by atoms with Crippen LogP contribution in [0.4, 0.5) is 5.95 Å². The van der Waals surface area contributed by atoms with E-state index in [0.717, 1.165) is 34.4 Å². The average molecular weight is 461 g/mol. The molecule has 1 aromatic carbocycles. The highest BCUT2D eigenvalue weighted by atomic mass is 32.1. The Bertz CT molecular complexity index is 1210. The SMILES string of the molecule is C=C(C)C(=O)NCc1cc(-c2ccnc(N)n2)ccc1CN=C(N)c1cc2c(s1)CCCC2. The molecule has 0 bridgehead atoms. The van der Waals surface area contributed by atoms with Gasteiger partial charge in [0.05, 0.1) is 17.1 Å². The Kier molecular flexibility index (Phi) is 6.84. The van der Waals surface area contributed by atoms with Crippen molar-refractivity contribution in [1.82, 2.24) is 15.3 Å². The first-order chi connectivity index (χ1) is 15.9. The molecule has 0 unspecified atom stereocenters. The lowest BCUT2D eigenvalue weighted by Crippen LogP contribution is -2.23. The molecule has 1 amide bonds. The van der Waals surface area contributed by atoms with Crippen molar-refractivity contribution in [2.75, 3.05) is 5.73 Å². The molecule has 33 heavy (non-hydrogen) atoms. The molecule has 3 aromatic rings. The van der Waals surface area contributed by atoms with Crippen molar-refractivity contribution in [3.05, 3.63) is 75.1 Å². The van der Waals surface area contributed by atoms with Crippen LogP contribution >= 0.6 is 11.3 Å². The molecule has 8 heteroatoms. The first-order valence-electron chi connectivity index (χ1n) is 11.0. The minimum atomic E-state index is -0.190. The van der Waals surface area contributed by atoms with E-state index in [2.05, 4.69) is 32.9 Å². The maximum Gasteiger partial charge on any atom is 0.246 e. The van der Waals surface area contributed by atoms with E-state index in [1.165, 1.54) is 23.3 Å². The first kappa shape index (κ1) is 22.7. The van der Waals surface area contributed by atoms with Gasteiger partial charge in [0.1, 0.15) is 5.84 Å². The molecule has 0 fully saturated rings. The van der Waals surface area contributed by atoms with E-state index >= 15 is 0 Å². The Balaban J connectivity index is 1.60. The van der Waals surface area contributed by atoms with Crippen LogP contribution in [-0.2, 0) is 30.7 Å². The number of hydrogen-bond donors (Lipinski definition) is 3. The number of hydrogen-bond acceptors (Lipinski definition) is 6. The Morgan fingerprint density at radius 1 is 1.21 bits per heavy atom. The van der Waals surface area contributed by atoms with Crippen LogP contribution < -0.4 is 16.8 Å². The highest BCUT2D eigenvalue weighted by molar-refractivity contribution is 7.14. The van der Waals surface area contributed by atoms with Gasteiger partial charge in [0.2, 0.25) is 11.9 Å². The van der Waals surface area contributed by atoms with E-state index in [9.17, 15) is 4.79 Å². The summed E-state index contributed by atoms with van der Waals surface area (Å²) < 4.78 is 0. The Morgan fingerprint density at radius 3 is 2.79 bits per heavy atom. The van der Waals surface area contributed by atoms with Gasteiger partial charge in [0.25, 0.3) is 0 Å². The quantitative estimate of drug-likeness (QED) is 0.282.